The number of hydrogen-bond donors (Lipinski definition) is 1. The van der Waals surface area contributed by atoms with Gasteiger partial charge >= 0.3 is 6.61 Å². The summed E-state index contributed by atoms with van der Waals surface area (Å²) in [5.74, 6) is 0.835. The van der Waals surface area contributed by atoms with Crippen LogP contribution in [0.2, 0.25) is 0 Å². The molecule has 1 atom stereocenters. The third-order valence-corrected chi connectivity index (χ3v) is 3.80. The van der Waals surface area contributed by atoms with Gasteiger partial charge < -0.3 is 14.8 Å². The molecule has 1 N–H and O–H groups in total. The molecule has 1 aromatic rings. The van der Waals surface area contributed by atoms with Crippen molar-refractivity contribution in [2.75, 3.05) is 19.8 Å². The zero-order valence-corrected chi connectivity index (χ0v) is 12.7. The van der Waals surface area contributed by atoms with E-state index >= 15 is 0 Å². The molecule has 1 aliphatic rings. The second-order valence-corrected chi connectivity index (χ2v) is 5.74. The average Bonchev–Trinajstić information content (AvgIpc) is 2.90. The van der Waals surface area contributed by atoms with Crippen LogP contribution in [0.3, 0.4) is 0 Å². The van der Waals surface area contributed by atoms with Crippen molar-refractivity contribution in [3.8, 4) is 5.75 Å². The third kappa shape index (κ3) is 5.00. The van der Waals surface area contributed by atoms with Gasteiger partial charge in [-0.25, -0.2) is 0 Å². The summed E-state index contributed by atoms with van der Waals surface area (Å²) in [7, 11) is 0. The van der Waals surface area contributed by atoms with Crippen LogP contribution < -0.4 is 10.1 Å². The van der Waals surface area contributed by atoms with Gasteiger partial charge in [-0.3, -0.25) is 0 Å². The van der Waals surface area contributed by atoms with E-state index in [2.05, 4.69) is 26.0 Å². The summed E-state index contributed by atoms with van der Waals surface area (Å²) in [6.45, 7) is 0.232. The number of ether oxygens (including phenoxy) is 2. The van der Waals surface area contributed by atoms with Crippen LogP contribution >= 0.6 is 15.9 Å². The summed E-state index contributed by atoms with van der Waals surface area (Å²) in [4.78, 5) is 0. The van der Waals surface area contributed by atoms with E-state index < -0.39 is 6.61 Å². The molecule has 3 nitrogen and oxygen atoms in total. The molecule has 2 rings (SSSR count). The zero-order valence-electron chi connectivity index (χ0n) is 11.1. The Hall–Kier alpha value is -0.720. The molecule has 112 valence electrons. The number of benzene rings is 1. The molecule has 0 saturated carbocycles. The Morgan fingerprint density at radius 2 is 2.30 bits per heavy atom. The molecule has 0 spiro atoms. The summed E-state index contributed by atoms with van der Waals surface area (Å²) in [5, 5.41) is 3.27. The molecular weight excluding hydrogens is 332 g/mol. The lowest BCUT2D eigenvalue weighted by Crippen LogP contribution is -2.19. The third-order valence-electron chi connectivity index (χ3n) is 3.31. The maximum absolute atomic E-state index is 12.3. The lowest BCUT2D eigenvalue weighted by atomic mass is 10.1. The zero-order chi connectivity index (χ0) is 14.4. The Balaban J connectivity index is 1.82. The van der Waals surface area contributed by atoms with E-state index in [0.717, 1.165) is 42.6 Å². The largest absolute Gasteiger partial charge is 0.434 e. The quantitative estimate of drug-likeness (QED) is 0.763. The first kappa shape index (κ1) is 15.7. The predicted molar refractivity (Wildman–Crippen MR) is 76.0 cm³/mol. The maximum atomic E-state index is 12.3. The minimum Gasteiger partial charge on any atom is -0.434 e. The highest BCUT2D eigenvalue weighted by molar-refractivity contribution is 9.10. The molecule has 1 fully saturated rings. The van der Waals surface area contributed by atoms with Gasteiger partial charge in [0.1, 0.15) is 5.75 Å². The van der Waals surface area contributed by atoms with Gasteiger partial charge in [0.05, 0.1) is 0 Å². The van der Waals surface area contributed by atoms with Crippen LogP contribution in [0.1, 0.15) is 18.4 Å². The van der Waals surface area contributed by atoms with Gasteiger partial charge in [0.2, 0.25) is 0 Å². The molecule has 1 aromatic carbocycles. The molecule has 6 heteroatoms. The minimum absolute atomic E-state index is 0.222. The standard InChI is InChI=1S/C14H18BrF2NO2/c15-12-1-2-13(20-14(16)17)11(7-12)8-18-5-3-10-4-6-19-9-10/h1-2,7,10,14,18H,3-6,8-9H2. The molecule has 0 bridgehead atoms. The van der Waals surface area contributed by atoms with E-state index in [1.54, 1.807) is 18.2 Å². The van der Waals surface area contributed by atoms with Gasteiger partial charge in [-0.2, -0.15) is 8.78 Å². The number of halogens is 3. The van der Waals surface area contributed by atoms with Gasteiger partial charge in [-0.05, 0) is 43.5 Å². The number of nitrogens with one attached hydrogen (secondary N) is 1. The monoisotopic (exact) mass is 349 g/mol. The smallest absolute Gasteiger partial charge is 0.387 e. The lowest BCUT2D eigenvalue weighted by molar-refractivity contribution is -0.0505. The summed E-state index contributed by atoms with van der Waals surface area (Å²) < 4.78 is 35.3. The molecule has 1 heterocycles. The lowest BCUT2D eigenvalue weighted by Gasteiger charge is -2.13. The Kier molecular flexibility index (Phi) is 6.19. The molecule has 0 amide bonds. The highest BCUT2D eigenvalue weighted by Gasteiger charge is 2.15. The van der Waals surface area contributed by atoms with Crippen molar-refractivity contribution in [1.29, 1.82) is 0 Å². The van der Waals surface area contributed by atoms with E-state index in [-0.39, 0.29) is 5.75 Å². The van der Waals surface area contributed by atoms with Crippen LogP contribution in [-0.2, 0) is 11.3 Å². The fourth-order valence-electron chi connectivity index (χ4n) is 2.24. The van der Waals surface area contributed by atoms with Gasteiger partial charge in [0, 0.05) is 29.8 Å². The van der Waals surface area contributed by atoms with Crippen molar-refractivity contribution in [2.45, 2.75) is 26.0 Å². The fraction of sp³-hybridized carbons (Fsp3) is 0.571. The summed E-state index contributed by atoms with van der Waals surface area (Å²) in [6.07, 6.45) is 2.15. The average molecular weight is 350 g/mol. The van der Waals surface area contributed by atoms with Gasteiger partial charge in [0.15, 0.2) is 0 Å². The molecule has 1 aliphatic heterocycles. The van der Waals surface area contributed by atoms with Crippen molar-refractivity contribution in [3.05, 3.63) is 28.2 Å². The molecule has 1 unspecified atom stereocenters. The van der Waals surface area contributed by atoms with Crippen molar-refractivity contribution in [3.63, 3.8) is 0 Å². The Morgan fingerprint density at radius 1 is 1.45 bits per heavy atom. The normalized spacial score (nSPS) is 18.7. The highest BCUT2D eigenvalue weighted by Crippen LogP contribution is 2.24. The van der Waals surface area contributed by atoms with Crippen LogP contribution in [0.25, 0.3) is 0 Å². The highest BCUT2D eigenvalue weighted by atomic mass is 79.9. The Morgan fingerprint density at radius 3 is 3.00 bits per heavy atom. The van der Waals surface area contributed by atoms with Crippen LogP contribution in [0.15, 0.2) is 22.7 Å². The van der Waals surface area contributed by atoms with Crippen LogP contribution in [-0.4, -0.2) is 26.4 Å². The summed E-state index contributed by atoms with van der Waals surface area (Å²) in [6, 6.07) is 5.04. The number of alkyl halides is 2. The fourth-order valence-corrected chi connectivity index (χ4v) is 2.65. The van der Waals surface area contributed by atoms with Crippen molar-refractivity contribution < 1.29 is 18.3 Å². The van der Waals surface area contributed by atoms with E-state index in [9.17, 15) is 8.78 Å². The van der Waals surface area contributed by atoms with E-state index in [1.165, 1.54) is 0 Å². The second kappa shape index (κ2) is 7.90. The van der Waals surface area contributed by atoms with Gasteiger partial charge in [-0.1, -0.05) is 15.9 Å². The minimum atomic E-state index is -2.80. The van der Waals surface area contributed by atoms with Gasteiger partial charge in [-0.15, -0.1) is 0 Å². The number of rotatable bonds is 7. The maximum Gasteiger partial charge on any atom is 0.387 e. The first-order valence-electron chi connectivity index (χ1n) is 6.67. The van der Waals surface area contributed by atoms with E-state index in [4.69, 9.17) is 4.74 Å². The molecule has 0 aromatic heterocycles. The number of hydrogen-bond acceptors (Lipinski definition) is 3. The van der Waals surface area contributed by atoms with E-state index in [1.807, 2.05) is 0 Å². The SMILES string of the molecule is FC(F)Oc1ccc(Br)cc1CNCCC1CCOC1. The first-order valence-corrected chi connectivity index (χ1v) is 7.46. The topological polar surface area (TPSA) is 30.5 Å². The molecule has 1 saturated heterocycles. The predicted octanol–water partition coefficient (Wildman–Crippen LogP) is 3.57. The molecule has 0 aliphatic carbocycles. The summed E-state index contributed by atoms with van der Waals surface area (Å²) in [5.41, 5.74) is 0.724. The Labute approximate surface area is 125 Å². The van der Waals surface area contributed by atoms with Crippen LogP contribution in [0, 0.1) is 5.92 Å². The molecule has 0 radical (unpaired) electrons. The van der Waals surface area contributed by atoms with E-state index in [0.29, 0.717) is 12.5 Å². The van der Waals surface area contributed by atoms with Crippen molar-refractivity contribution >= 4 is 15.9 Å². The molecule has 20 heavy (non-hydrogen) atoms. The summed E-state index contributed by atoms with van der Waals surface area (Å²) >= 11 is 3.34. The molecular formula is C14H18BrF2NO2. The Bertz CT molecular complexity index is 426. The second-order valence-electron chi connectivity index (χ2n) is 4.83. The van der Waals surface area contributed by atoms with Crippen LogP contribution in [0.4, 0.5) is 8.78 Å². The van der Waals surface area contributed by atoms with Crippen molar-refractivity contribution in [2.24, 2.45) is 5.92 Å². The van der Waals surface area contributed by atoms with Crippen molar-refractivity contribution in [1.82, 2.24) is 5.32 Å². The van der Waals surface area contributed by atoms with Crippen LogP contribution in [0.5, 0.6) is 5.75 Å². The van der Waals surface area contributed by atoms with Gasteiger partial charge in [0.25, 0.3) is 0 Å². The first-order chi connectivity index (χ1) is 9.65.